The molecule has 6 heteroatoms. The Morgan fingerprint density at radius 2 is 1.89 bits per heavy atom. The van der Waals surface area contributed by atoms with Crippen LogP contribution in [0.3, 0.4) is 0 Å². The van der Waals surface area contributed by atoms with Crippen LogP contribution in [0, 0.1) is 5.82 Å². The van der Waals surface area contributed by atoms with Crippen LogP contribution in [0.25, 0.3) is 0 Å². The lowest BCUT2D eigenvalue weighted by Gasteiger charge is -2.08. The fraction of sp³-hybridized carbons (Fsp3) is 0. The van der Waals surface area contributed by atoms with Crippen molar-refractivity contribution in [1.29, 1.82) is 0 Å². The summed E-state index contributed by atoms with van der Waals surface area (Å²) in [6.07, 6.45) is 0. The van der Waals surface area contributed by atoms with Crippen molar-refractivity contribution in [3.8, 4) is 0 Å². The van der Waals surface area contributed by atoms with Crippen LogP contribution in [-0.4, -0.2) is 5.91 Å². The topological polar surface area (TPSA) is 29.1 Å². The molecule has 0 atom stereocenters. The zero-order valence-electron chi connectivity index (χ0n) is 9.38. The van der Waals surface area contributed by atoms with Crippen molar-refractivity contribution in [3.05, 3.63) is 62.3 Å². The van der Waals surface area contributed by atoms with E-state index in [0.29, 0.717) is 20.2 Å². The molecule has 2 rings (SSSR count). The lowest BCUT2D eigenvalue weighted by atomic mass is 10.2. The number of benzene rings is 2. The summed E-state index contributed by atoms with van der Waals surface area (Å²) in [6.45, 7) is 0. The van der Waals surface area contributed by atoms with Crippen molar-refractivity contribution in [3.63, 3.8) is 0 Å². The van der Waals surface area contributed by atoms with Crippen LogP contribution in [-0.2, 0) is 0 Å². The molecule has 1 amide bonds. The number of anilines is 1. The van der Waals surface area contributed by atoms with Gasteiger partial charge in [0.05, 0.1) is 16.3 Å². The van der Waals surface area contributed by atoms with E-state index in [0.717, 1.165) is 0 Å². The summed E-state index contributed by atoms with van der Waals surface area (Å²) in [7, 11) is 0. The first-order valence-corrected chi connectivity index (χ1v) is 6.74. The molecule has 0 radical (unpaired) electrons. The van der Waals surface area contributed by atoms with E-state index in [2.05, 4.69) is 21.2 Å². The second-order valence-electron chi connectivity index (χ2n) is 3.70. The number of carbonyl (C=O) groups is 1. The zero-order valence-corrected chi connectivity index (χ0v) is 12.5. The van der Waals surface area contributed by atoms with E-state index in [-0.39, 0.29) is 5.56 Å². The van der Waals surface area contributed by atoms with Crippen LogP contribution >= 0.6 is 39.1 Å². The van der Waals surface area contributed by atoms with Crippen LogP contribution < -0.4 is 5.32 Å². The lowest BCUT2D eigenvalue weighted by Crippen LogP contribution is -2.14. The number of rotatable bonds is 2. The minimum atomic E-state index is -0.614. The predicted octanol–water partition coefficient (Wildman–Crippen LogP) is 5.15. The van der Waals surface area contributed by atoms with E-state index in [1.54, 1.807) is 18.2 Å². The van der Waals surface area contributed by atoms with Crippen molar-refractivity contribution >= 4 is 50.7 Å². The standard InChI is InChI=1S/C13H7BrCl2FNO/c14-7-1-3-9(11(17)5-7)13(19)18-12-4-2-8(15)6-10(12)16/h1-6H,(H,18,19). The highest BCUT2D eigenvalue weighted by atomic mass is 79.9. The maximum atomic E-state index is 13.6. The van der Waals surface area contributed by atoms with Gasteiger partial charge in [-0.25, -0.2) is 4.39 Å². The maximum absolute atomic E-state index is 13.6. The van der Waals surface area contributed by atoms with Gasteiger partial charge in [-0.2, -0.15) is 0 Å². The van der Waals surface area contributed by atoms with Crippen molar-refractivity contribution < 1.29 is 9.18 Å². The quantitative estimate of drug-likeness (QED) is 0.786. The van der Waals surface area contributed by atoms with Crippen molar-refractivity contribution in [2.75, 3.05) is 5.32 Å². The molecule has 0 aromatic heterocycles. The number of carbonyl (C=O) groups excluding carboxylic acids is 1. The molecule has 19 heavy (non-hydrogen) atoms. The highest BCUT2D eigenvalue weighted by Crippen LogP contribution is 2.26. The average molecular weight is 363 g/mol. The Labute approximate surface area is 127 Å². The Balaban J connectivity index is 2.25. The highest BCUT2D eigenvalue weighted by molar-refractivity contribution is 9.10. The molecule has 2 aromatic rings. The summed E-state index contributed by atoms with van der Waals surface area (Å²) < 4.78 is 14.2. The molecule has 1 N–H and O–H groups in total. The number of hydrogen-bond acceptors (Lipinski definition) is 1. The molecule has 0 saturated heterocycles. The maximum Gasteiger partial charge on any atom is 0.258 e. The van der Waals surface area contributed by atoms with Crippen molar-refractivity contribution in [2.24, 2.45) is 0 Å². The number of nitrogens with one attached hydrogen (secondary N) is 1. The Morgan fingerprint density at radius 1 is 1.16 bits per heavy atom. The number of amides is 1. The second kappa shape index (κ2) is 5.90. The first-order valence-electron chi connectivity index (χ1n) is 5.19. The molecule has 0 aliphatic carbocycles. The molecule has 98 valence electrons. The largest absolute Gasteiger partial charge is 0.321 e. The van der Waals surface area contributed by atoms with Gasteiger partial charge in [-0.1, -0.05) is 39.1 Å². The Morgan fingerprint density at radius 3 is 2.53 bits per heavy atom. The summed E-state index contributed by atoms with van der Waals surface area (Å²) in [5.74, 6) is -1.19. The molecular formula is C13H7BrCl2FNO. The molecule has 0 fully saturated rings. The first kappa shape index (κ1) is 14.3. The van der Waals surface area contributed by atoms with Gasteiger partial charge in [-0.05, 0) is 36.4 Å². The second-order valence-corrected chi connectivity index (χ2v) is 5.46. The molecule has 2 aromatic carbocycles. The smallest absolute Gasteiger partial charge is 0.258 e. The zero-order chi connectivity index (χ0) is 14.0. The number of hydrogen-bond donors (Lipinski definition) is 1. The summed E-state index contributed by atoms with van der Waals surface area (Å²) >= 11 is 14.8. The van der Waals surface area contributed by atoms with Gasteiger partial charge in [0.25, 0.3) is 5.91 Å². The van der Waals surface area contributed by atoms with E-state index in [9.17, 15) is 9.18 Å². The van der Waals surface area contributed by atoms with Gasteiger partial charge < -0.3 is 5.32 Å². The van der Waals surface area contributed by atoms with Crippen LogP contribution in [0.2, 0.25) is 10.0 Å². The van der Waals surface area contributed by atoms with E-state index in [4.69, 9.17) is 23.2 Å². The molecule has 0 aliphatic rings. The fourth-order valence-corrected chi connectivity index (χ4v) is 2.24. The third kappa shape index (κ3) is 3.47. The van der Waals surface area contributed by atoms with Crippen LogP contribution in [0.5, 0.6) is 0 Å². The molecule has 0 heterocycles. The van der Waals surface area contributed by atoms with Gasteiger partial charge in [0, 0.05) is 9.50 Å². The van der Waals surface area contributed by atoms with Gasteiger partial charge in [-0.3, -0.25) is 4.79 Å². The first-order chi connectivity index (χ1) is 8.97. The summed E-state index contributed by atoms with van der Waals surface area (Å²) in [4.78, 5) is 11.9. The normalized spacial score (nSPS) is 10.3. The predicted molar refractivity (Wildman–Crippen MR) is 78.5 cm³/mol. The van der Waals surface area contributed by atoms with Gasteiger partial charge >= 0.3 is 0 Å². The van der Waals surface area contributed by atoms with Crippen LogP contribution in [0.15, 0.2) is 40.9 Å². The highest BCUT2D eigenvalue weighted by Gasteiger charge is 2.13. The van der Waals surface area contributed by atoms with Crippen LogP contribution in [0.4, 0.5) is 10.1 Å². The Kier molecular flexibility index (Phi) is 4.45. The summed E-state index contributed by atoms with van der Waals surface area (Å²) in [5.41, 5.74) is 0.313. The summed E-state index contributed by atoms with van der Waals surface area (Å²) in [5, 5.41) is 3.28. The molecule has 2 nitrogen and oxygen atoms in total. The molecule has 0 saturated carbocycles. The monoisotopic (exact) mass is 361 g/mol. The molecular weight excluding hydrogens is 356 g/mol. The molecule has 0 bridgehead atoms. The van der Waals surface area contributed by atoms with Crippen molar-refractivity contribution in [2.45, 2.75) is 0 Å². The number of halogens is 4. The Bertz CT molecular complexity index is 649. The minimum absolute atomic E-state index is 0.0609. The van der Waals surface area contributed by atoms with E-state index >= 15 is 0 Å². The van der Waals surface area contributed by atoms with Gasteiger partial charge in [0.15, 0.2) is 0 Å². The van der Waals surface area contributed by atoms with Crippen LogP contribution in [0.1, 0.15) is 10.4 Å². The van der Waals surface area contributed by atoms with Gasteiger partial charge in [0.1, 0.15) is 5.82 Å². The fourth-order valence-electron chi connectivity index (χ4n) is 1.45. The minimum Gasteiger partial charge on any atom is -0.321 e. The molecule has 0 aliphatic heterocycles. The molecule has 0 unspecified atom stereocenters. The lowest BCUT2D eigenvalue weighted by molar-refractivity contribution is 0.102. The van der Waals surface area contributed by atoms with Crippen molar-refractivity contribution in [1.82, 2.24) is 0 Å². The third-order valence-corrected chi connectivity index (χ3v) is 3.40. The Hall–Kier alpha value is -1.10. The SMILES string of the molecule is O=C(Nc1ccc(Cl)cc1Cl)c1ccc(Br)cc1F. The van der Waals surface area contributed by atoms with Gasteiger partial charge in [0.2, 0.25) is 0 Å². The summed E-state index contributed by atoms with van der Waals surface area (Å²) in [6, 6.07) is 8.83. The van der Waals surface area contributed by atoms with Gasteiger partial charge in [-0.15, -0.1) is 0 Å². The average Bonchev–Trinajstić information content (AvgIpc) is 2.32. The molecule has 0 spiro atoms. The van der Waals surface area contributed by atoms with E-state index < -0.39 is 11.7 Å². The van der Waals surface area contributed by atoms with E-state index in [1.165, 1.54) is 18.2 Å². The van der Waals surface area contributed by atoms with E-state index in [1.807, 2.05) is 0 Å². The third-order valence-electron chi connectivity index (χ3n) is 2.36.